The van der Waals surface area contributed by atoms with Crippen LogP contribution in [0.15, 0.2) is 12.1 Å². The number of hydrogen-bond donors (Lipinski definition) is 1. The van der Waals surface area contributed by atoms with E-state index in [1.54, 1.807) is 17.8 Å². The van der Waals surface area contributed by atoms with Crippen molar-refractivity contribution >= 4 is 42.0 Å². The fourth-order valence-electron chi connectivity index (χ4n) is 3.04. The highest BCUT2D eigenvalue weighted by atomic mass is 19.1. The summed E-state index contributed by atoms with van der Waals surface area (Å²) in [6.07, 6.45) is 1.48. The second-order valence-corrected chi connectivity index (χ2v) is 8.18. The largest absolute Gasteiger partial charge is 0.497 e. The first kappa shape index (κ1) is 24.0. The van der Waals surface area contributed by atoms with Crippen molar-refractivity contribution in [2.75, 3.05) is 25.5 Å². The molecule has 2 aromatic rings. The van der Waals surface area contributed by atoms with Crippen LogP contribution >= 0.6 is 0 Å². The van der Waals surface area contributed by atoms with Gasteiger partial charge in [0, 0.05) is 30.9 Å². The first-order chi connectivity index (χ1) is 14.0. The highest BCUT2D eigenvalue weighted by Crippen LogP contribution is 2.37. The third-order valence-electron chi connectivity index (χ3n) is 5.34. The zero-order valence-electron chi connectivity index (χ0n) is 18.7. The molecule has 0 atom stereocenters. The average molecular weight is 420 g/mol. The van der Waals surface area contributed by atoms with Crippen molar-refractivity contribution in [1.29, 1.82) is 0 Å². The summed E-state index contributed by atoms with van der Waals surface area (Å²) in [7, 11) is 4.62. The maximum atomic E-state index is 14.9. The summed E-state index contributed by atoms with van der Waals surface area (Å²) in [5.74, 6) is -0.194. The fourth-order valence-corrected chi connectivity index (χ4v) is 3.04. The van der Waals surface area contributed by atoms with E-state index in [1.165, 1.54) is 11.0 Å². The van der Waals surface area contributed by atoms with Gasteiger partial charge in [0.05, 0.1) is 16.7 Å². The standard InChI is InChI=1S/C18H23BFN3O4.C2H7N/c1-17(2)18(3,4)27-19(26-17)13-10-15-12(9-14(13)20)16(21-22(15)5)23(11-25)7-6-8-24;1-3-2/h8-11H,6-7H2,1-5H3;3H,1-2H3. The molecule has 164 valence electrons. The normalized spacial score (nSPS) is 16.9. The molecule has 2 heterocycles. The second-order valence-electron chi connectivity index (χ2n) is 8.18. The molecule has 1 saturated heterocycles. The molecule has 1 aliphatic rings. The van der Waals surface area contributed by atoms with Crippen molar-refractivity contribution in [3.63, 3.8) is 0 Å². The van der Waals surface area contributed by atoms with Crippen LogP contribution in [0.3, 0.4) is 0 Å². The van der Waals surface area contributed by atoms with Crippen molar-refractivity contribution in [2.24, 2.45) is 7.05 Å². The lowest BCUT2D eigenvalue weighted by Gasteiger charge is -2.32. The van der Waals surface area contributed by atoms with Crippen molar-refractivity contribution in [1.82, 2.24) is 15.1 Å². The van der Waals surface area contributed by atoms with Gasteiger partial charge in [0.1, 0.15) is 12.1 Å². The van der Waals surface area contributed by atoms with Crippen LogP contribution in [0.1, 0.15) is 34.1 Å². The predicted octanol–water partition coefficient (Wildman–Crippen LogP) is 1.40. The van der Waals surface area contributed by atoms with Crippen LogP contribution in [0.5, 0.6) is 0 Å². The van der Waals surface area contributed by atoms with E-state index in [0.717, 1.165) is 6.29 Å². The minimum absolute atomic E-state index is 0.172. The summed E-state index contributed by atoms with van der Waals surface area (Å²) >= 11 is 0. The summed E-state index contributed by atoms with van der Waals surface area (Å²) in [5.41, 5.74) is -0.255. The van der Waals surface area contributed by atoms with Crippen molar-refractivity contribution < 1.29 is 23.3 Å². The number of aromatic nitrogens is 2. The lowest BCUT2D eigenvalue weighted by atomic mass is 9.78. The van der Waals surface area contributed by atoms with Gasteiger partial charge in [-0.05, 0) is 53.9 Å². The predicted molar refractivity (Wildman–Crippen MR) is 115 cm³/mol. The van der Waals surface area contributed by atoms with Gasteiger partial charge in [0.15, 0.2) is 5.82 Å². The molecule has 1 fully saturated rings. The molecule has 30 heavy (non-hydrogen) atoms. The van der Waals surface area contributed by atoms with E-state index in [-0.39, 0.29) is 18.4 Å². The molecule has 0 unspecified atom stereocenters. The molecule has 1 N–H and O–H groups in total. The molecule has 0 saturated carbocycles. The number of anilines is 1. The number of rotatable bonds is 6. The Labute approximate surface area is 176 Å². The summed E-state index contributed by atoms with van der Waals surface area (Å²) < 4.78 is 28.4. The zero-order valence-corrected chi connectivity index (χ0v) is 18.7. The summed E-state index contributed by atoms with van der Waals surface area (Å²) in [6, 6.07) is 2.96. The van der Waals surface area contributed by atoms with Gasteiger partial charge in [0.25, 0.3) is 0 Å². The Kier molecular flexibility index (Phi) is 7.38. The van der Waals surface area contributed by atoms with Crippen LogP contribution < -0.4 is 15.7 Å². The van der Waals surface area contributed by atoms with Gasteiger partial charge in [-0.3, -0.25) is 14.4 Å². The van der Waals surface area contributed by atoms with Crippen molar-refractivity contribution in [2.45, 2.75) is 45.3 Å². The zero-order chi connectivity index (χ0) is 22.7. The Morgan fingerprint density at radius 2 is 1.77 bits per heavy atom. The van der Waals surface area contributed by atoms with Crippen molar-refractivity contribution in [3.05, 3.63) is 17.9 Å². The van der Waals surface area contributed by atoms with Gasteiger partial charge < -0.3 is 19.4 Å². The van der Waals surface area contributed by atoms with Gasteiger partial charge in [-0.1, -0.05) is 0 Å². The van der Waals surface area contributed by atoms with E-state index in [1.807, 2.05) is 41.8 Å². The average Bonchev–Trinajstić information content (AvgIpc) is 3.08. The smallest absolute Gasteiger partial charge is 0.399 e. The Morgan fingerprint density at radius 3 is 2.27 bits per heavy atom. The lowest BCUT2D eigenvalue weighted by molar-refractivity contribution is -0.108. The Bertz CT molecular complexity index is 900. The summed E-state index contributed by atoms with van der Waals surface area (Å²) in [6.45, 7) is 7.79. The van der Waals surface area contributed by atoms with E-state index in [4.69, 9.17) is 9.31 Å². The highest BCUT2D eigenvalue weighted by Gasteiger charge is 2.52. The van der Waals surface area contributed by atoms with Crippen LogP contribution in [0, 0.1) is 5.82 Å². The molecular formula is C20H30BFN4O4. The molecular weight excluding hydrogens is 390 g/mol. The SMILES string of the molecule is CNC.Cn1nc(N(C=O)CCC=O)c2cc(F)c(B3OC(C)(C)C(C)(C)O3)cc21. The van der Waals surface area contributed by atoms with E-state index in [2.05, 4.69) is 10.4 Å². The lowest BCUT2D eigenvalue weighted by Crippen LogP contribution is -2.41. The van der Waals surface area contributed by atoms with Gasteiger partial charge in [0.2, 0.25) is 6.41 Å². The number of halogens is 1. The molecule has 0 aliphatic carbocycles. The van der Waals surface area contributed by atoms with Crippen LogP contribution in [0.2, 0.25) is 0 Å². The number of fused-ring (bicyclic) bond motifs is 1. The van der Waals surface area contributed by atoms with E-state index >= 15 is 0 Å². The fraction of sp³-hybridized carbons (Fsp3) is 0.550. The number of aryl methyl sites for hydroxylation is 1. The Hall–Kier alpha value is -2.30. The molecule has 0 spiro atoms. The molecule has 1 aromatic carbocycles. The third kappa shape index (κ3) is 4.55. The summed E-state index contributed by atoms with van der Waals surface area (Å²) in [5, 5.41) is 7.56. The van der Waals surface area contributed by atoms with Crippen molar-refractivity contribution in [3.8, 4) is 0 Å². The Morgan fingerprint density at radius 1 is 1.20 bits per heavy atom. The summed E-state index contributed by atoms with van der Waals surface area (Å²) in [4.78, 5) is 23.3. The van der Waals surface area contributed by atoms with E-state index in [0.29, 0.717) is 23.1 Å². The second kappa shape index (κ2) is 9.24. The molecule has 8 nitrogen and oxygen atoms in total. The first-order valence-electron chi connectivity index (χ1n) is 9.78. The van der Waals surface area contributed by atoms with Gasteiger partial charge >= 0.3 is 7.12 Å². The number of aldehydes is 1. The van der Waals surface area contributed by atoms with Crippen LogP contribution in [-0.2, 0) is 25.9 Å². The molecule has 1 aliphatic heterocycles. The Balaban J connectivity index is 0.00000101. The minimum atomic E-state index is -0.838. The number of nitrogens with one attached hydrogen (secondary N) is 1. The van der Waals surface area contributed by atoms with Gasteiger partial charge in [-0.25, -0.2) is 4.39 Å². The third-order valence-corrected chi connectivity index (χ3v) is 5.34. The monoisotopic (exact) mass is 420 g/mol. The van der Waals surface area contributed by atoms with Gasteiger partial charge in [-0.2, -0.15) is 5.10 Å². The molecule has 1 amide bonds. The first-order valence-corrected chi connectivity index (χ1v) is 9.78. The van der Waals surface area contributed by atoms with E-state index < -0.39 is 24.1 Å². The number of nitrogens with zero attached hydrogens (tertiary/aromatic N) is 3. The number of hydrogen-bond acceptors (Lipinski definition) is 6. The number of carbonyl (C=O) groups excluding carboxylic acids is 2. The molecule has 0 radical (unpaired) electrons. The maximum Gasteiger partial charge on any atom is 0.497 e. The highest BCUT2D eigenvalue weighted by molar-refractivity contribution is 6.62. The number of benzene rings is 1. The van der Waals surface area contributed by atoms with E-state index in [9.17, 15) is 14.0 Å². The molecule has 3 rings (SSSR count). The van der Waals surface area contributed by atoms with Gasteiger partial charge in [-0.15, -0.1) is 0 Å². The quantitative estimate of drug-likeness (QED) is 0.562. The minimum Gasteiger partial charge on any atom is -0.399 e. The topological polar surface area (TPSA) is 85.7 Å². The number of amides is 1. The molecule has 0 bridgehead atoms. The van der Waals surface area contributed by atoms with Crippen LogP contribution in [0.4, 0.5) is 10.2 Å². The maximum absolute atomic E-state index is 14.9. The molecule has 10 heteroatoms. The number of carbonyl (C=O) groups is 2. The van der Waals surface area contributed by atoms with Crippen LogP contribution in [0.25, 0.3) is 10.9 Å². The molecule has 1 aromatic heterocycles. The van der Waals surface area contributed by atoms with Crippen LogP contribution in [-0.4, -0.2) is 61.4 Å².